The van der Waals surface area contributed by atoms with Crippen molar-refractivity contribution in [2.45, 2.75) is 13.1 Å². The number of nitrogens with zero attached hydrogens (tertiary/aromatic N) is 2. The van der Waals surface area contributed by atoms with Gasteiger partial charge in [-0.1, -0.05) is 36.4 Å². The Morgan fingerprint density at radius 1 is 0.800 bits per heavy atom. The second-order valence-electron chi connectivity index (χ2n) is 6.15. The van der Waals surface area contributed by atoms with Gasteiger partial charge in [-0.2, -0.15) is 0 Å². The summed E-state index contributed by atoms with van der Waals surface area (Å²) in [6.45, 7) is 2.29. The monoisotopic (exact) mass is 270 g/mol. The van der Waals surface area contributed by atoms with Crippen LogP contribution < -0.4 is 0 Å². The quantitative estimate of drug-likeness (QED) is 0.651. The zero-order valence-corrected chi connectivity index (χ0v) is 12.5. The van der Waals surface area contributed by atoms with Crippen molar-refractivity contribution in [3.63, 3.8) is 0 Å². The predicted molar refractivity (Wildman–Crippen MR) is 84.1 cm³/mol. The lowest BCUT2D eigenvalue weighted by Crippen LogP contribution is -2.40. The van der Waals surface area contributed by atoms with Crippen LogP contribution in [0.1, 0.15) is 13.1 Å². The minimum absolute atomic E-state index is 0. The molecule has 1 atom stereocenters. The van der Waals surface area contributed by atoms with Crippen molar-refractivity contribution in [2.24, 2.45) is 0 Å². The van der Waals surface area contributed by atoms with E-state index in [1.807, 2.05) is 0 Å². The van der Waals surface area contributed by atoms with E-state index < -0.39 is 0 Å². The van der Waals surface area contributed by atoms with E-state index in [0.29, 0.717) is 6.17 Å². The second-order valence-corrected chi connectivity index (χ2v) is 6.15. The molecule has 0 saturated carbocycles. The first kappa shape index (κ1) is 14.6. The smallest absolute Gasteiger partial charge is 0.165 e. The zero-order valence-electron chi connectivity index (χ0n) is 12.5. The average molecular weight is 270 g/mol. The van der Waals surface area contributed by atoms with Crippen LogP contribution in [0.3, 0.4) is 0 Å². The summed E-state index contributed by atoms with van der Waals surface area (Å²) in [4.78, 5) is 0. The molecule has 1 heterocycles. The standard InChI is InChI=1S/C17H21N2.H2O/c1-13(19(2,3)4)18-16-11-7-5-9-14(16)15-10-6-8-12-17(15)18;/h5-13H,1-4H3;1H2/q+1;/p-1. The summed E-state index contributed by atoms with van der Waals surface area (Å²) in [7, 11) is 6.73. The highest BCUT2D eigenvalue weighted by molar-refractivity contribution is 6.08. The van der Waals surface area contributed by atoms with Crippen LogP contribution in [0.5, 0.6) is 0 Å². The van der Waals surface area contributed by atoms with E-state index in [1.165, 1.54) is 21.8 Å². The molecule has 0 radical (unpaired) electrons. The van der Waals surface area contributed by atoms with Gasteiger partial charge in [0.25, 0.3) is 0 Å². The largest absolute Gasteiger partial charge is 0.870 e. The third-order valence-corrected chi connectivity index (χ3v) is 4.11. The molecule has 3 nitrogen and oxygen atoms in total. The van der Waals surface area contributed by atoms with Crippen LogP contribution >= 0.6 is 0 Å². The Balaban J connectivity index is 0.00000147. The minimum Gasteiger partial charge on any atom is -0.870 e. The number of hydrogen-bond acceptors (Lipinski definition) is 1. The van der Waals surface area contributed by atoms with Crippen molar-refractivity contribution in [2.75, 3.05) is 21.1 Å². The van der Waals surface area contributed by atoms with E-state index in [0.717, 1.165) is 4.48 Å². The topological polar surface area (TPSA) is 34.9 Å². The number of fused-ring (bicyclic) bond motifs is 3. The molecule has 0 fully saturated rings. The maximum absolute atomic E-state index is 2.46. The molecule has 1 N–H and O–H groups in total. The summed E-state index contributed by atoms with van der Waals surface area (Å²) in [6.07, 6.45) is 0.393. The minimum atomic E-state index is 0. The summed E-state index contributed by atoms with van der Waals surface area (Å²) in [5, 5.41) is 2.69. The van der Waals surface area contributed by atoms with Gasteiger partial charge in [-0.15, -0.1) is 0 Å². The molecule has 3 aromatic rings. The Morgan fingerprint density at radius 2 is 1.20 bits per heavy atom. The lowest BCUT2D eigenvalue weighted by atomic mass is 10.2. The normalized spacial score (nSPS) is 13.4. The first-order valence-corrected chi connectivity index (χ1v) is 6.79. The number of benzene rings is 2. The first-order valence-electron chi connectivity index (χ1n) is 6.79. The van der Waals surface area contributed by atoms with E-state index in [4.69, 9.17) is 0 Å². The van der Waals surface area contributed by atoms with Crippen molar-refractivity contribution in [3.8, 4) is 0 Å². The molecule has 106 valence electrons. The van der Waals surface area contributed by atoms with Crippen molar-refractivity contribution in [1.82, 2.24) is 4.57 Å². The Labute approximate surface area is 119 Å². The third-order valence-electron chi connectivity index (χ3n) is 4.11. The summed E-state index contributed by atoms with van der Waals surface area (Å²) in [5.74, 6) is 0. The fourth-order valence-electron chi connectivity index (χ4n) is 2.70. The van der Waals surface area contributed by atoms with Gasteiger partial charge in [0.05, 0.1) is 32.2 Å². The lowest BCUT2D eigenvalue weighted by molar-refractivity contribution is -0.909. The average Bonchev–Trinajstić information content (AvgIpc) is 2.71. The number of para-hydroxylation sites is 2. The first-order chi connectivity index (χ1) is 9.00. The Kier molecular flexibility index (Phi) is 3.59. The molecule has 2 aromatic carbocycles. The van der Waals surface area contributed by atoms with Gasteiger partial charge in [-0.25, -0.2) is 0 Å². The van der Waals surface area contributed by atoms with Crippen LogP contribution in [-0.4, -0.2) is 35.7 Å². The molecule has 0 saturated heterocycles. The van der Waals surface area contributed by atoms with Crippen LogP contribution in [0.2, 0.25) is 0 Å². The predicted octanol–water partition coefficient (Wildman–Crippen LogP) is 3.84. The van der Waals surface area contributed by atoms with E-state index in [2.05, 4.69) is 81.2 Å². The Hall–Kier alpha value is -1.84. The molecule has 20 heavy (non-hydrogen) atoms. The van der Waals surface area contributed by atoms with Crippen molar-refractivity contribution >= 4 is 21.8 Å². The van der Waals surface area contributed by atoms with E-state index >= 15 is 0 Å². The molecular weight excluding hydrogens is 248 g/mol. The number of quaternary nitrogens is 1. The van der Waals surface area contributed by atoms with Crippen LogP contribution in [0.4, 0.5) is 0 Å². The molecule has 1 unspecified atom stereocenters. The number of rotatable bonds is 2. The molecule has 0 aliphatic carbocycles. The fraction of sp³-hybridized carbons (Fsp3) is 0.294. The highest BCUT2D eigenvalue weighted by Crippen LogP contribution is 2.33. The molecule has 3 rings (SSSR count). The van der Waals surface area contributed by atoms with Crippen molar-refractivity contribution in [1.29, 1.82) is 0 Å². The number of aromatic nitrogens is 1. The van der Waals surface area contributed by atoms with Gasteiger partial charge in [-0.05, 0) is 12.1 Å². The SMILES string of the molecule is CC(n1c2ccccc2c2ccccc21)[N+](C)(C)C.[OH-]. The fourth-order valence-corrected chi connectivity index (χ4v) is 2.70. The van der Waals surface area contributed by atoms with Gasteiger partial charge in [0.2, 0.25) is 0 Å². The summed E-state index contributed by atoms with van der Waals surface area (Å²) in [5.41, 5.74) is 2.65. The van der Waals surface area contributed by atoms with Gasteiger partial charge >= 0.3 is 0 Å². The zero-order chi connectivity index (χ0) is 13.6. The third kappa shape index (κ3) is 2.09. The maximum Gasteiger partial charge on any atom is 0.165 e. The van der Waals surface area contributed by atoms with Crippen LogP contribution in [0.15, 0.2) is 48.5 Å². The molecule has 1 aromatic heterocycles. The molecule has 0 spiro atoms. The van der Waals surface area contributed by atoms with Gasteiger partial charge in [0.15, 0.2) is 6.17 Å². The summed E-state index contributed by atoms with van der Waals surface area (Å²) >= 11 is 0. The lowest BCUT2D eigenvalue weighted by Gasteiger charge is -2.33. The Bertz CT molecular complexity index is 684. The molecule has 0 aliphatic rings. The summed E-state index contributed by atoms with van der Waals surface area (Å²) in [6, 6.07) is 17.4. The summed E-state index contributed by atoms with van der Waals surface area (Å²) < 4.78 is 3.37. The van der Waals surface area contributed by atoms with Crippen molar-refractivity contribution in [3.05, 3.63) is 48.5 Å². The van der Waals surface area contributed by atoms with Crippen LogP contribution in [0.25, 0.3) is 21.8 Å². The van der Waals surface area contributed by atoms with Crippen LogP contribution in [0, 0.1) is 0 Å². The molecule has 3 heteroatoms. The highest BCUT2D eigenvalue weighted by Gasteiger charge is 2.23. The van der Waals surface area contributed by atoms with Gasteiger partial charge in [0.1, 0.15) is 0 Å². The Morgan fingerprint density at radius 3 is 1.60 bits per heavy atom. The highest BCUT2D eigenvalue weighted by atomic mass is 16.0. The molecule has 0 bridgehead atoms. The molecule has 0 aliphatic heterocycles. The van der Waals surface area contributed by atoms with Gasteiger partial charge in [-0.3, -0.25) is 4.57 Å². The molecule has 0 amide bonds. The van der Waals surface area contributed by atoms with E-state index in [-0.39, 0.29) is 5.48 Å². The van der Waals surface area contributed by atoms with Crippen LogP contribution in [-0.2, 0) is 0 Å². The number of hydrogen-bond donors (Lipinski definition) is 0. The van der Waals surface area contributed by atoms with Gasteiger partial charge < -0.3 is 9.96 Å². The molecular formula is C17H22N2O. The van der Waals surface area contributed by atoms with E-state index in [1.54, 1.807) is 0 Å². The van der Waals surface area contributed by atoms with Gasteiger partial charge in [0, 0.05) is 17.7 Å². The van der Waals surface area contributed by atoms with Crippen molar-refractivity contribution < 1.29 is 9.96 Å². The van der Waals surface area contributed by atoms with E-state index in [9.17, 15) is 0 Å². The second kappa shape index (κ2) is 4.93. The maximum atomic E-state index is 2.46.